The largest absolute Gasteiger partial charge is 0.368 e. The molecule has 0 aromatic carbocycles. The highest BCUT2D eigenvalue weighted by molar-refractivity contribution is 7.15. The topological polar surface area (TPSA) is 63.2 Å². The first-order chi connectivity index (χ1) is 9.83. The van der Waals surface area contributed by atoms with Crippen LogP contribution >= 0.6 is 11.3 Å². The molecule has 2 fully saturated rings. The predicted molar refractivity (Wildman–Crippen MR) is 79.2 cm³/mol. The Balaban J connectivity index is 1.57. The minimum atomic E-state index is -0.296. The predicted octanol–water partition coefficient (Wildman–Crippen LogP) is 2.12. The zero-order valence-corrected chi connectivity index (χ0v) is 12.4. The zero-order valence-electron chi connectivity index (χ0n) is 11.6. The van der Waals surface area contributed by atoms with Gasteiger partial charge in [-0.15, -0.1) is 11.3 Å². The van der Waals surface area contributed by atoms with Crippen molar-refractivity contribution in [1.29, 1.82) is 0 Å². The highest BCUT2D eigenvalue weighted by Crippen LogP contribution is 2.31. The number of piperidine rings is 1. The number of aromatic nitrogens is 1. The first-order valence-corrected chi connectivity index (χ1v) is 8.23. The van der Waals surface area contributed by atoms with Gasteiger partial charge in [-0.1, -0.05) is 0 Å². The summed E-state index contributed by atoms with van der Waals surface area (Å²) in [6.07, 6.45) is 6.87. The smallest absolute Gasteiger partial charge is 0.255 e. The Labute approximate surface area is 123 Å². The Morgan fingerprint density at radius 3 is 2.95 bits per heavy atom. The van der Waals surface area contributed by atoms with Gasteiger partial charge in [-0.05, 0) is 51.1 Å². The number of carbonyl (C=O) groups is 1. The van der Waals surface area contributed by atoms with Gasteiger partial charge in [0.2, 0.25) is 0 Å². The fourth-order valence-corrected chi connectivity index (χ4v) is 3.76. The lowest BCUT2D eigenvalue weighted by molar-refractivity contribution is -0.129. The van der Waals surface area contributed by atoms with Crippen LogP contribution in [0.2, 0.25) is 0 Å². The Morgan fingerprint density at radius 2 is 2.20 bits per heavy atom. The average Bonchev–Trinajstić information content (AvgIpc) is 2.97. The number of hydrogen-bond donors (Lipinski definition) is 2. The van der Waals surface area contributed by atoms with E-state index in [1.807, 2.05) is 6.20 Å². The van der Waals surface area contributed by atoms with Crippen molar-refractivity contribution in [3.63, 3.8) is 0 Å². The van der Waals surface area contributed by atoms with E-state index in [9.17, 15) is 4.79 Å². The Kier molecular flexibility index (Phi) is 4.65. The normalized spacial score (nSPS) is 24.5. The van der Waals surface area contributed by atoms with E-state index in [0.717, 1.165) is 45.2 Å². The van der Waals surface area contributed by atoms with Crippen LogP contribution in [0.1, 0.15) is 42.9 Å². The van der Waals surface area contributed by atoms with Crippen LogP contribution in [-0.2, 0) is 9.53 Å². The Morgan fingerprint density at radius 1 is 1.35 bits per heavy atom. The number of nitrogens with zero attached hydrogens (tertiary/aromatic N) is 1. The maximum absolute atomic E-state index is 12.1. The number of thiazole rings is 1. The van der Waals surface area contributed by atoms with Gasteiger partial charge in [0.15, 0.2) is 5.13 Å². The fourth-order valence-electron chi connectivity index (χ4n) is 2.77. The molecular formula is C14H21N3O2S. The standard InChI is InChI=1S/C14H21N3O2S/c18-13(11-3-1-2-8-19-11)17-14-16-9-12(20-14)10-4-6-15-7-5-10/h9-11,15H,1-8H2,(H,16,17,18). The van der Waals surface area contributed by atoms with Crippen molar-refractivity contribution in [2.24, 2.45) is 0 Å². The molecule has 110 valence electrons. The summed E-state index contributed by atoms with van der Waals surface area (Å²) in [6, 6.07) is 0. The van der Waals surface area contributed by atoms with E-state index in [2.05, 4.69) is 15.6 Å². The number of hydrogen-bond acceptors (Lipinski definition) is 5. The van der Waals surface area contributed by atoms with E-state index in [1.54, 1.807) is 11.3 Å². The molecule has 20 heavy (non-hydrogen) atoms. The third-order valence-corrected chi connectivity index (χ3v) is 5.04. The van der Waals surface area contributed by atoms with Crippen molar-refractivity contribution in [2.75, 3.05) is 25.0 Å². The van der Waals surface area contributed by atoms with E-state index in [0.29, 0.717) is 17.7 Å². The second kappa shape index (κ2) is 6.65. The first kappa shape index (κ1) is 14.0. The molecule has 2 aliphatic heterocycles. The summed E-state index contributed by atoms with van der Waals surface area (Å²) in [5.74, 6) is 0.543. The molecule has 1 atom stereocenters. The summed E-state index contributed by atoms with van der Waals surface area (Å²) in [7, 11) is 0. The molecule has 3 heterocycles. The number of rotatable bonds is 3. The van der Waals surface area contributed by atoms with Crippen LogP contribution in [0, 0.1) is 0 Å². The molecule has 1 amide bonds. The zero-order chi connectivity index (χ0) is 13.8. The lowest BCUT2D eigenvalue weighted by atomic mass is 9.97. The fraction of sp³-hybridized carbons (Fsp3) is 0.714. The van der Waals surface area contributed by atoms with Crippen LogP contribution in [0.3, 0.4) is 0 Å². The second-order valence-corrected chi connectivity index (χ2v) is 6.50. The molecule has 0 spiro atoms. The second-order valence-electron chi connectivity index (χ2n) is 5.44. The SMILES string of the molecule is O=C(Nc1ncc(C2CCNCC2)s1)C1CCCCO1. The van der Waals surface area contributed by atoms with Gasteiger partial charge in [0.25, 0.3) is 5.91 Å². The van der Waals surface area contributed by atoms with Crippen LogP contribution < -0.4 is 10.6 Å². The summed E-state index contributed by atoms with van der Waals surface area (Å²) >= 11 is 1.61. The van der Waals surface area contributed by atoms with E-state index >= 15 is 0 Å². The molecule has 3 rings (SSSR count). The molecule has 0 radical (unpaired) electrons. The van der Waals surface area contributed by atoms with Crippen LogP contribution in [0.5, 0.6) is 0 Å². The summed E-state index contributed by atoms with van der Waals surface area (Å²) in [5.41, 5.74) is 0. The van der Waals surface area contributed by atoms with Gasteiger partial charge in [0.1, 0.15) is 6.10 Å². The monoisotopic (exact) mass is 295 g/mol. The highest BCUT2D eigenvalue weighted by Gasteiger charge is 2.23. The lowest BCUT2D eigenvalue weighted by Gasteiger charge is -2.21. The quantitative estimate of drug-likeness (QED) is 0.896. The summed E-state index contributed by atoms with van der Waals surface area (Å²) in [6.45, 7) is 2.83. The number of ether oxygens (including phenoxy) is 1. The van der Waals surface area contributed by atoms with Gasteiger partial charge in [-0.25, -0.2) is 4.98 Å². The third kappa shape index (κ3) is 3.37. The highest BCUT2D eigenvalue weighted by atomic mass is 32.1. The van der Waals surface area contributed by atoms with Gasteiger partial charge in [0.05, 0.1) is 0 Å². The van der Waals surface area contributed by atoms with Crippen molar-refractivity contribution in [3.05, 3.63) is 11.1 Å². The average molecular weight is 295 g/mol. The molecule has 5 nitrogen and oxygen atoms in total. The van der Waals surface area contributed by atoms with Crippen molar-refractivity contribution in [1.82, 2.24) is 10.3 Å². The third-order valence-electron chi connectivity index (χ3n) is 3.97. The number of anilines is 1. The van der Waals surface area contributed by atoms with Gasteiger partial charge >= 0.3 is 0 Å². The maximum atomic E-state index is 12.1. The maximum Gasteiger partial charge on any atom is 0.255 e. The molecule has 1 aromatic rings. The summed E-state index contributed by atoms with van der Waals surface area (Å²) in [5, 5.41) is 6.97. The lowest BCUT2D eigenvalue weighted by Crippen LogP contribution is -2.33. The minimum Gasteiger partial charge on any atom is -0.368 e. The molecule has 6 heteroatoms. The Hall–Kier alpha value is -0.980. The molecule has 0 saturated carbocycles. The van der Waals surface area contributed by atoms with Crippen molar-refractivity contribution < 1.29 is 9.53 Å². The minimum absolute atomic E-state index is 0.0455. The van der Waals surface area contributed by atoms with Gasteiger partial charge < -0.3 is 10.1 Å². The Bertz CT molecular complexity index is 451. The van der Waals surface area contributed by atoms with Gasteiger partial charge in [-0.2, -0.15) is 0 Å². The number of carbonyl (C=O) groups excluding carboxylic acids is 1. The summed E-state index contributed by atoms with van der Waals surface area (Å²) in [4.78, 5) is 17.7. The summed E-state index contributed by atoms with van der Waals surface area (Å²) < 4.78 is 5.49. The van der Waals surface area contributed by atoms with E-state index in [1.165, 1.54) is 4.88 Å². The van der Waals surface area contributed by atoms with Crippen molar-refractivity contribution in [3.8, 4) is 0 Å². The number of amides is 1. The van der Waals surface area contributed by atoms with Crippen molar-refractivity contribution >= 4 is 22.4 Å². The van der Waals surface area contributed by atoms with Gasteiger partial charge in [-0.3, -0.25) is 10.1 Å². The molecule has 1 unspecified atom stereocenters. The first-order valence-electron chi connectivity index (χ1n) is 7.42. The van der Waals surface area contributed by atoms with E-state index in [-0.39, 0.29) is 12.0 Å². The molecule has 2 N–H and O–H groups in total. The molecular weight excluding hydrogens is 274 g/mol. The molecule has 2 aliphatic rings. The van der Waals surface area contributed by atoms with Crippen LogP contribution in [0.15, 0.2) is 6.20 Å². The molecule has 1 aromatic heterocycles. The molecule has 0 bridgehead atoms. The van der Waals surface area contributed by atoms with Crippen LogP contribution in [0.25, 0.3) is 0 Å². The van der Waals surface area contributed by atoms with Crippen molar-refractivity contribution in [2.45, 2.75) is 44.1 Å². The van der Waals surface area contributed by atoms with E-state index < -0.39 is 0 Å². The van der Waals surface area contributed by atoms with Crippen LogP contribution in [0.4, 0.5) is 5.13 Å². The van der Waals surface area contributed by atoms with Gasteiger partial charge in [0, 0.05) is 17.7 Å². The van der Waals surface area contributed by atoms with Crippen LogP contribution in [-0.4, -0.2) is 36.7 Å². The molecule has 0 aliphatic carbocycles. The van der Waals surface area contributed by atoms with E-state index in [4.69, 9.17) is 4.74 Å². The molecule has 2 saturated heterocycles. The number of nitrogens with one attached hydrogen (secondary N) is 2.